The number of halogens is 2. The fourth-order valence-corrected chi connectivity index (χ4v) is 3.61. The first-order valence-electron chi connectivity index (χ1n) is 9.47. The summed E-state index contributed by atoms with van der Waals surface area (Å²) in [6.07, 6.45) is 4.85. The van der Waals surface area contributed by atoms with Crippen LogP contribution in [0.3, 0.4) is 0 Å². The first-order valence-corrected chi connectivity index (χ1v) is 9.47. The SMILES string of the molecule is CCOc1ccc(/C(F)=C(\F)c2ccc(C3CCC(C)CC3)cc2)cc1. The van der Waals surface area contributed by atoms with Gasteiger partial charge in [0, 0.05) is 11.1 Å². The Bertz CT molecular complexity index is 739. The van der Waals surface area contributed by atoms with Gasteiger partial charge in [-0.25, -0.2) is 8.78 Å². The summed E-state index contributed by atoms with van der Waals surface area (Å²) in [5, 5.41) is 0. The molecule has 0 saturated heterocycles. The van der Waals surface area contributed by atoms with Gasteiger partial charge in [-0.3, -0.25) is 0 Å². The average molecular weight is 356 g/mol. The molecule has 3 rings (SSSR count). The van der Waals surface area contributed by atoms with Crippen molar-refractivity contribution in [1.29, 1.82) is 0 Å². The maximum Gasteiger partial charge on any atom is 0.166 e. The second-order valence-electron chi connectivity index (χ2n) is 7.16. The summed E-state index contributed by atoms with van der Waals surface area (Å²) in [6, 6.07) is 13.7. The van der Waals surface area contributed by atoms with Crippen molar-refractivity contribution < 1.29 is 13.5 Å². The second kappa shape index (κ2) is 8.48. The lowest BCUT2D eigenvalue weighted by Gasteiger charge is -2.26. The highest BCUT2D eigenvalue weighted by atomic mass is 19.2. The minimum Gasteiger partial charge on any atom is -0.494 e. The second-order valence-corrected chi connectivity index (χ2v) is 7.16. The van der Waals surface area contributed by atoms with Crippen LogP contribution in [0.1, 0.15) is 62.1 Å². The normalized spacial score (nSPS) is 21.2. The molecule has 0 aromatic heterocycles. The molecule has 26 heavy (non-hydrogen) atoms. The van der Waals surface area contributed by atoms with Gasteiger partial charge in [0.25, 0.3) is 0 Å². The van der Waals surface area contributed by atoms with Crippen LogP contribution in [0.25, 0.3) is 11.7 Å². The number of ether oxygens (including phenoxy) is 1. The summed E-state index contributed by atoms with van der Waals surface area (Å²) in [7, 11) is 0. The largest absolute Gasteiger partial charge is 0.494 e. The van der Waals surface area contributed by atoms with Gasteiger partial charge in [0.15, 0.2) is 11.7 Å². The van der Waals surface area contributed by atoms with Crippen LogP contribution in [0, 0.1) is 5.92 Å². The minimum absolute atomic E-state index is 0.219. The molecule has 1 aliphatic carbocycles. The fourth-order valence-electron chi connectivity index (χ4n) is 3.61. The molecule has 0 bridgehead atoms. The molecule has 1 saturated carbocycles. The maximum atomic E-state index is 14.6. The van der Waals surface area contributed by atoms with E-state index >= 15 is 0 Å². The van der Waals surface area contributed by atoms with E-state index in [9.17, 15) is 8.78 Å². The zero-order valence-corrected chi connectivity index (χ0v) is 15.5. The summed E-state index contributed by atoms with van der Waals surface area (Å²) >= 11 is 0. The van der Waals surface area contributed by atoms with E-state index in [1.165, 1.54) is 43.4 Å². The van der Waals surface area contributed by atoms with E-state index in [2.05, 4.69) is 6.92 Å². The van der Waals surface area contributed by atoms with Crippen molar-refractivity contribution in [3.8, 4) is 5.75 Å². The molecule has 0 aliphatic heterocycles. The van der Waals surface area contributed by atoms with Crippen LogP contribution in [0.4, 0.5) is 8.78 Å². The molecule has 3 heteroatoms. The van der Waals surface area contributed by atoms with Crippen LogP contribution < -0.4 is 4.74 Å². The Kier molecular flexibility index (Phi) is 6.08. The molecule has 1 aliphatic rings. The van der Waals surface area contributed by atoms with Gasteiger partial charge in [-0.05, 0) is 61.4 Å². The van der Waals surface area contributed by atoms with Crippen molar-refractivity contribution in [3.63, 3.8) is 0 Å². The van der Waals surface area contributed by atoms with E-state index in [0.29, 0.717) is 18.3 Å². The van der Waals surface area contributed by atoms with Gasteiger partial charge in [0.1, 0.15) is 5.75 Å². The van der Waals surface area contributed by atoms with Crippen LogP contribution in [0.5, 0.6) is 5.75 Å². The van der Waals surface area contributed by atoms with E-state index < -0.39 is 11.7 Å². The van der Waals surface area contributed by atoms with Crippen molar-refractivity contribution in [3.05, 3.63) is 65.2 Å². The molecule has 138 valence electrons. The lowest BCUT2D eigenvalue weighted by Crippen LogP contribution is -2.10. The summed E-state index contributed by atoms with van der Waals surface area (Å²) < 4.78 is 34.4. The van der Waals surface area contributed by atoms with Gasteiger partial charge in [0.05, 0.1) is 6.61 Å². The molecule has 0 N–H and O–H groups in total. The number of benzene rings is 2. The Hall–Kier alpha value is -2.16. The first kappa shape index (κ1) is 18.6. The third kappa shape index (κ3) is 4.32. The topological polar surface area (TPSA) is 9.23 Å². The highest BCUT2D eigenvalue weighted by Gasteiger charge is 2.20. The lowest BCUT2D eigenvalue weighted by molar-refractivity contribution is 0.340. The Labute approximate surface area is 154 Å². The predicted octanol–water partition coefficient (Wildman–Crippen LogP) is 7.14. The van der Waals surface area contributed by atoms with Gasteiger partial charge < -0.3 is 4.74 Å². The minimum atomic E-state index is -0.840. The summed E-state index contributed by atoms with van der Waals surface area (Å²) in [6.45, 7) is 4.72. The quantitative estimate of drug-likeness (QED) is 0.517. The third-order valence-corrected chi connectivity index (χ3v) is 5.26. The Morgan fingerprint density at radius 3 is 1.85 bits per heavy atom. The van der Waals surface area contributed by atoms with E-state index in [-0.39, 0.29) is 11.1 Å². The van der Waals surface area contributed by atoms with Crippen LogP contribution in [-0.2, 0) is 0 Å². The molecule has 2 aromatic rings. The standard InChI is InChI=1S/C23H26F2O/c1-3-26-21-14-12-20(13-15-21)23(25)22(24)19-10-8-18(9-11-19)17-6-4-16(2)5-7-17/h8-17H,3-7H2,1-2H3/b23-22+. The van der Waals surface area contributed by atoms with Gasteiger partial charge >= 0.3 is 0 Å². The Balaban J connectivity index is 1.75. The zero-order chi connectivity index (χ0) is 18.5. The molecule has 1 fully saturated rings. The van der Waals surface area contributed by atoms with Crippen molar-refractivity contribution in [1.82, 2.24) is 0 Å². The van der Waals surface area contributed by atoms with E-state index in [1.54, 1.807) is 24.3 Å². The Morgan fingerprint density at radius 2 is 1.35 bits per heavy atom. The lowest BCUT2D eigenvalue weighted by atomic mass is 9.79. The van der Waals surface area contributed by atoms with Crippen LogP contribution in [-0.4, -0.2) is 6.61 Å². The molecule has 0 radical (unpaired) electrons. The maximum absolute atomic E-state index is 14.6. The van der Waals surface area contributed by atoms with Crippen LogP contribution in [0.2, 0.25) is 0 Å². The van der Waals surface area contributed by atoms with Crippen LogP contribution in [0.15, 0.2) is 48.5 Å². The molecule has 2 aromatic carbocycles. The number of hydrogen-bond acceptors (Lipinski definition) is 1. The summed E-state index contributed by atoms with van der Waals surface area (Å²) in [4.78, 5) is 0. The molecule has 0 amide bonds. The Morgan fingerprint density at radius 1 is 0.846 bits per heavy atom. The van der Waals surface area contributed by atoms with Crippen molar-refractivity contribution in [2.45, 2.75) is 45.4 Å². The molecule has 0 atom stereocenters. The average Bonchev–Trinajstić information content (AvgIpc) is 2.68. The molecule has 0 heterocycles. The molecule has 1 nitrogen and oxygen atoms in total. The number of rotatable bonds is 5. The highest BCUT2D eigenvalue weighted by Crippen LogP contribution is 2.36. The molecular formula is C23H26F2O. The van der Waals surface area contributed by atoms with Crippen molar-refractivity contribution in [2.75, 3.05) is 6.61 Å². The van der Waals surface area contributed by atoms with Gasteiger partial charge in [-0.2, -0.15) is 0 Å². The smallest absolute Gasteiger partial charge is 0.166 e. The zero-order valence-electron chi connectivity index (χ0n) is 15.5. The fraction of sp³-hybridized carbons (Fsp3) is 0.391. The van der Waals surface area contributed by atoms with Gasteiger partial charge in [0.2, 0.25) is 0 Å². The monoisotopic (exact) mass is 356 g/mol. The predicted molar refractivity (Wildman–Crippen MR) is 103 cm³/mol. The van der Waals surface area contributed by atoms with Crippen molar-refractivity contribution in [2.24, 2.45) is 5.92 Å². The summed E-state index contributed by atoms with van der Waals surface area (Å²) in [5.41, 5.74) is 1.73. The molecule has 0 spiro atoms. The molecule has 0 unspecified atom stereocenters. The first-order chi connectivity index (χ1) is 12.6. The third-order valence-electron chi connectivity index (χ3n) is 5.26. The van der Waals surface area contributed by atoms with E-state index in [1.807, 2.05) is 19.1 Å². The van der Waals surface area contributed by atoms with Gasteiger partial charge in [-0.1, -0.05) is 44.0 Å². The molecular weight excluding hydrogens is 330 g/mol. The van der Waals surface area contributed by atoms with Crippen molar-refractivity contribution >= 4 is 11.7 Å². The van der Waals surface area contributed by atoms with Crippen LogP contribution >= 0.6 is 0 Å². The van der Waals surface area contributed by atoms with E-state index in [0.717, 1.165) is 5.92 Å². The summed E-state index contributed by atoms with van der Waals surface area (Å²) in [5.74, 6) is 0.332. The highest BCUT2D eigenvalue weighted by molar-refractivity contribution is 5.83. The van der Waals surface area contributed by atoms with Gasteiger partial charge in [-0.15, -0.1) is 0 Å². The number of hydrogen-bond donors (Lipinski definition) is 0. The van der Waals surface area contributed by atoms with E-state index in [4.69, 9.17) is 4.74 Å².